The van der Waals surface area contributed by atoms with Gasteiger partial charge >= 0.3 is 0 Å². The maximum atomic E-state index is 14.5. The predicted octanol–water partition coefficient (Wildman–Crippen LogP) is 4.54. The van der Waals surface area contributed by atoms with Gasteiger partial charge in [-0.05, 0) is 24.3 Å². The molecular formula is C27H26Cl4F2N6O6S. The standard InChI is InChI=1S/C14H14Cl2FN3O4S.C13H12Cl2FN3O2/c1-25(22,23)18-11-6-8(10(17)7-9(11)15)12-13(16)19-2-4-24-5-3-20(19)14(12)21;14-8-6-9(16)7(5-10(8)17)11-12(15)18-1-3-21-4-2-19(18)13(11)20/h6-7,18H,2-5H2,1H3;5-6H,1-4,17H2. The fraction of sp³-hybridized carbons (Fsp3) is 0.333. The number of hydrogen-bond donors (Lipinski definition) is 2. The molecule has 3 N–H and O–H groups in total. The molecule has 4 heterocycles. The van der Waals surface area contributed by atoms with Crippen LogP contribution in [0.2, 0.25) is 20.4 Å². The summed E-state index contributed by atoms with van der Waals surface area (Å²) in [6.07, 6.45) is 0.939. The number of anilines is 2. The maximum absolute atomic E-state index is 14.5. The van der Waals surface area contributed by atoms with Crippen molar-refractivity contribution in [3.8, 4) is 22.3 Å². The lowest BCUT2D eigenvalue weighted by Crippen LogP contribution is -2.23. The molecule has 12 nitrogen and oxygen atoms in total. The van der Waals surface area contributed by atoms with Crippen molar-refractivity contribution in [3.05, 3.63) is 77.0 Å². The monoisotopic (exact) mass is 740 g/mol. The van der Waals surface area contributed by atoms with Crippen LogP contribution in [0.3, 0.4) is 0 Å². The lowest BCUT2D eigenvalue weighted by atomic mass is 10.1. The van der Waals surface area contributed by atoms with Crippen LogP contribution in [0.5, 0.6) is 0 Å². The molecule has 0 amide bonds. The van der Waals surface area contributed by atoms with Crippen LogP contribution in [0.15, 0.2) is 33.9 Å². The highest BCUT2D eigenvalue weighted by Gasteiger charge is 2.26. The topological polar surface area (TPSA) is 145 Å². The molecule has 0 aliphatic carbocycles. The number of rotatable bonds is 4. The molecule has 0 saturated heterocycles. The van der Waals surface area contributed by atoms with E-state index in [1.165, 1.54) is 20.1 Å². The third-order valence-corrected chi connectivity index (χ3v) is 9.11. The highest BCUT2D eigenvalue weighted by molar-refractivity contribution is 7.92. The molecule has 0 fully saturated rings. The van der Waals surface area contributed by atoms with Crippen LogP contribution in [0.4, 0.5) is 20.2 Å². The number of nitrogens with two attached hydrogens (primary N) is 1. The smallest absolute Gasteiger partial charge is 0.276 e. The number of aromatic nitrogens is 4. The maximum Gasteiger partial charge on any atom is 0.276 e. The van der Waals surface area contributed by atoms with Gasteiger partial charge in [0, 0.05) is 11.1 Å². The average molecular weight is 742 g/mol. The third kappa shape index (κ3) is 6.81. The molecule has 0 radical (unpaired) electrons. The van der Waals surface area contributed by atoms with Crippen molar-refractivity contribution in [2.75, 3.05) is 43.1 Å². The Kier molecular flexibility index (Phi) is 10.1. The molecule has 0 bridgehead atoms. The first-order chi connectivity index (χ1) is 21.7. The first-order valence-electron chi connectivity index (χ1n) is 13.5. The second-order valence-corrected chi connectivity index (χ2v) is 13.5. The van der Waals surface area contributed by atoms with E-state index in [-0.39, 0.29) is 66.1 Å². The van der Waals surface area contributed by atoms with Crippen LogP contribution in [0.1, 0.15) is 0 Å². The van der Waals surface area contributed by atoms with Crippen molar-refractivity contribution < 1.29 is 26.7 Å². The van der Waals surface area contributed by atoms with Crippen molar-refractivity contribution >= 4 is 67.8 Å². The molecule has 2 aliphatic rings. The van der Waals surface area contributed by atoms with Crippen LogP contribution in [0.25, 0.3) is 22.3 Å². The fourth-order valence-electron chi connectivity index (χ4n) is 5.04. The zero-order valence-corrected chi connectivity index (χ0v) is 27.8. The Bertz CT molecular complexity index is 2060. The number of ether oxygens (including phenoxy) is 2. The van der Waals surface area contributed by atoms with Crippen LogP contribution in [-0.4, -0.2) is 59.8 Å². The van der Waals surface area contributed by atoms with E-state index in [4.69, 9.17) is 61.6 Å². The van der Waals surface area contributed by atoms with Gasteiger partial charge in [0.05, 0.1) is 91.4 Å². The number of nitrogen functional groups attached to an aromatic ring is 1. The Morgan fingerprint density at radius 3 is 1.59 bits per heavy atom. The molecule has 0 spiro atoms. The number of nitrogens with one attached hydrogen (secondary N) is 1. The molecular weight excluding hydrogens is 716 g/mol. The fourth-order valence-corrected chi connectivity index (χ4v) is 6.73. The van der Waals surface area contributed by atoms with Crippen molar-refractivity contribution in [1.82, 2.24) is 18.7 Å². The third-order valence-electron chi connectivity index (χ3n) is 7.11. The summed E-state index contributed by atoms with van der Waals surface area (Å²) in [5.41, 5.74) is 4.98. The molecule has 0 saturated carbocycles. The Labute approximate surface area is 280 Å². The van der Waals surface area contributed by atoms with Gasteiger partial charge in [-0.2, -0.15) is 0 Å². The Morgan fingerprint density at radius 1 is 0.717 bits per heavy atom. The number of halogens is 6. The second-order valence-electron chi connectivity index (χ2n) is 10.2. The van der Waals surface area contributed by atoms with E-state index in [2.05, 4.69) is 4.72 Å². The lowest BCUT2D eigenvalue weighted by Gasteiger charge is -2.10. The molecule has 6 rings (SSSR count). The van der Waals surface area contributed by atoms with Crippen molar-refractivity contribution in [2.45, 2.75) is 26.2 Å². The normalized spacial score (nSPS) is 14.8. The van der Waals surface area contributed by atoms with E-state index in [0.29, 0.717) is 46.1 Å². The van der Waals surface area contributed by atoms with E-state index < -0.39 is 27.2 Å². The largest absolute Gasteiger partial charge is 0.398 e. The van der Waals surface area contributed by atoms with Crippen LogP contribution >= 0.6 is 46.4 Å². The van der Waals surface area contributed by atoms with Crippen molar-refractivity contribution in [1.29, 1.82) is 0 Å². The van der Waals surface area contributed by atoms with Gasteiger partial charge in [-0.3, -0.25) is 23.7 Å². The molecule has 2 aromatic carbocycles. The summed E-state index contributed by atoms with van der Waals surface area (Å²) in [7, 11) is -3.63. The number of hydrogen-bond acceptors (Lipinski definition) is 7. The molecule has 19 heteroatoms. The molecule has 4 aromatic rings. The molecule has 2 aromatic heterocycles. The highest BCUT2D eigenvalue weighted by atomic mass is 35.5. The van der Waals surface area contributed by atoms with Gasteiger partial charge in [0.1, 0.15) is 21.9 Å². The summed E-state index contributed by atoms with van der Waals surface area (Å²) in [5, 5.41) is 0.201. The zero-order chi connectivity index (χ0) is 33.5. The molecule has 248 valence electrons. The summed E-state index contributed by atoms with van der Waals surface area (Å²) in [5.74, 6) is -1.41. The van der Waals surface area contributed by atoms with Gasteiger partial charge < -0.3 is 15.2 Å². The number of benzene rings is 2. The quantitative estimate of drug-likeness (QED) is 0.293. The van der Waals surface area contributed by atoms with Crippen LogP contribution < -0.4 is 21.6 Å². The minimum atomic E-state index is -3.63. The zero-order valence-electron chi connectivity index (χ0n) is 24.0. The van der Waals surface area contributed by atoms with Crippen LogP contribution in [-0.2, 0) is 45.7 Å². The summed E-state index contributed by atoms with van der Waals surface area (Å²) < 4.78 is 70.2. The van der Waals surface area contributed by atoms with Gasteiger partial charge in [0.15, 0.2) is 0 Å². The minimum Gasteiger partial charge on any atom is -0.398 e. The van der Waals surface area contributed by atoms with Crippen LogP contribution in [0, 0.1) is 11.6 Å². The minimum absolute atomic E-state index is 0.0363. The first-order valence-corrected chi connectivity index (χ1v) is 17.0. The van der Waals surface area contributed by atoms with E-state index >= 15 is 0 Å². The van der Waals surface area contributed by atoms with Gasteiger partial charge in [0.25, 0.3) is 11.1 Å². The number of nitrogens with zero attached hydrogens (tertiary/aromatic N) is 4. The molecule has 46 heavy (non-hydrogen) atoms. The SMILES string of the molecule is CS(=O)(=O)Nc1cc(-c2c(Cl)n3n(c2=O)CCOCC3)c(F)cc1Cl.Nc1cc(-c2c(Cl)n3n(c2=O)CCOCC3)c(F)cc1Cl. The van der Waals surface area contributed by atoms with Gasteiger partial charge in [-0.15, -0.1) is 0 Å². The van der Waals surface area contributed by atoms with E-state index in [9.17, 15) is 26.8 Å². The summed E-state index contributed by atoms with van der Waals surface area (Å²) in [6, 6.07) is 4.52. The Hall–Kier alpha value is -3.05. The first kappa shape index (κ1) is 34.3. The predicted molar refractivity (Wildman–Crippen MR) is 173 cm³/mol. The number of sulfonamides is 1. The Balaban J connectivity index is 0.000000184. The van der Waals surface area contributed by atoms with E-state index in [0.717, 1.165) is 24.5 Å². The number of fused-ring (bicyclic) bond motifs is 2. The van der Waals surface area contributed by atoms with Crippen molar-refractivity contribution in [2.24, 2.45) is 0 Å². The summed E-state index contributed by atoms with van der Waals surface area (Å²) >= 11 is 24.2. The van der Waals surface area contributed by atoms with Crippen molar-refractivity contribution in [3.63, 3.8) is 0 Å². The second kappa shape index (κ2) is 13.6. The Morgan fingerprint density at radius 2 is 1.13 bits per heavy atom. The summed E-state index contributed by atoms with van der Waals surface area (Å²) in [4.78, 5) is 25.2. The summed E-state index contributed by atoms with van der Waals surface area (Å²) in [6.45, 7) is 2.98. The van der Waals surface area contributed by atoms with Gasteiger partial charge in [0.2, 0.25) is 10.0 Å². The van der Waals surface area contributed by atoms with Gasteiger partial charge in [-0.25, -0.2) is 26.6 Å². The van der Waals surface area contributed by atoms with Gasteiger partial charge in [-0.1, -0.05) is 46.4 Å². The molecule has 0 atom stereocenters. The average Bonchev–Trinajstić information content (AvgIpc) is 3.22. The van der Waals surface area contributed by atoms with E-state index in [1.807, 2.05) is 0 Å². The molecule has 2 aliphatic heterocycles. The molecule has 0 unspecified atom stereocenters. The van der Waals surface area contributed by atoms with E-state index in [1.54, 1.807) is 4.68 Å². The lowest BCUT2D eigenvalue weighted by molar-refractivity contribution is 0.137. The highest BCUT2D eigenvalue weighted by Crippen LogP contribution is 2.35.